The molecule has 1 aromatic carbocycles. The molecule has 0 aliphatic rings. The molecule has 17 heavy (non-hydrogen) atoms. The van der Waals surface area contributed by atoms with Crippen LogP contribution in [0.2, 0.25) is 0 Å². The Bertz CT molecular complexity index is 322. The number of nitrogens with one attached hydrogen (secondary N) is 1. The number of ether oxygens (including phenoxy) is 1. The predicted molar refractivity (Wildman–Crippen MR) is 69.3 cm³/mol. The molecule has 1 rings (SSSR count). The van der Waals surface area contributed by atoms with Gasteiger partial charge in [-0.25, -0.2) is 0 Å². The third kappa shape index (κ3) is 5.68. The average molecular weight is 238 g/mol. The normalized spacial score (nSPS) is 12.5. The molecular weight excluding hydrogens is 216 g/mol. The second kappa shape index (κ2) is 7.27. The van der Waals surface area contributed by atoms with Gasteiger partial charge >= 0.3 is 0 Å². The van der Waals surface area contributed by atoms with E-state index in [1.807, 2.05) is 26.0 Å². The van der Waals surface area contributed by atoms with Crippen LogP contribution in [0.1, 0.15) is 11.1 Å². The number of nitrogens with two attached hydrogens (primary N) is 1. The molecule has 0 radical (unpaired) electrons. The van der Waals surface area contributed by atoms with E-state index in [2.05, 4.69) is 11.4 Å². The molecule has 0 aliphatic heterocycles. The molecule has 1 unspecified atom stereocenters. The van der Waals surface area contributed by atoms with Gasteiger partial charge in [0.1, 0.15) is 18.5 Å². The molecule has 4 N–H and O–H groups in total. The van der Waals surface area contributed by atoms with Gasteiger partial charge in [0.05, 0.1) is 0 Å². The zero-order valence-electron chi connectivity index (χ0n) is 10.6. The third-order valence-corrected chi connectivity index (χ3v) is 2.34. The minimum absolute atomic E-state index is 0.292. The quantitative estimate of drug-likeness (QED) is 0.608. The number of benzene rings is 1. The Labute approximate surface area is 103 Å². The second-order valence-corrected chi connectivity index (χ2v) is 4.28. The Morgan fingerprint density at radius 3 is 2.53 bits per heavy atom. The van der Waals surface area contributed by atoms with Crippen LogP contribution < -0.4 is 15.8 Å². The predicted octanol–water partition coefficient (Wildman–Crippen LogP) is 0.591. The average Bonchev–Trinajstić information content (AvgIpc) is 2.25. The zero-order valence-corrected chi connectivity index (χ0v) is 10.6. The smallest absolute Gasteiger partial charge is 0.119 e. The number of aliphatic hydroxyl groups is 1. The SMILES string of the molecule is Cc1cc(C)cc(OCC(O)CNCCN)c1. The first-order valence-electron chi connectivity index (χ1n) is 5.91. The summed E-state index contributed by atoms with van der Waals surface area (Å²) in [5.41, 5.74) is 7.66. The standard InChI is InChI=1S/C13H22N2O2/c1-10-5-11(2)7-13(6-10)17-9-12(16)8-15-4-3-14/h5-7,12,15-16H,3-4,8-9,14H2,1-2H3. The summed E-state index contributed by atoms with van der Waals surface area (Å²) in [4.78, 5) is 0. The molecule has 4 nitrogen and oxygen atoms in total. The largest absolute Gasteiger partial charge is 0.491 e. The number of aryl methyl sites for hydroxylation is 2. The van der Waals surface area contributed by atoms with E-state index in [9.17, 15) is 5.11 Å². The number of hydrogen-bond donors (Lipinski definition) is 3. The van der Waals surface area contributed by atoms with Gasteiger partial charge in [0.2, 0.25) is 0 Å². The van der Waals surface area contributed by atoms with Gasteiger partial charge in [-0.05, 0) is 37.1 Å². The molecule has 1 atom stereocenters. The fourth-order valence-corrected chi connectivity index (χ4v) is 1.64. The van der Waals surface area contributed by atoms with Gasteiger partial charge in [-0.2, -0.15) is 0 Å². The van der Waals surface area contributed by atoms with Crippen molar-refractivity contribution in [2.24, 2.45) is 5.73 Å². The van der Waals surface area contributed by atoms with Crippen molar-refractivity contribution >= 4 is 0 Å². The lowest BCUT2D eigenvalue weighted by Crippen LogP contribution is -2.34. The van der Waals surface area contributed by atoms with Gasteiger partial charge in [-0.15, -0.1) is 0 Å². The summed E-state index contributed by atoms with van der Waals surface area (Å²) in [5, 5.41) is 12.7. The summed E-state index contributed by atoms with van der Waals surface area (Å²) in [6.45, 7) is 6.13. The summed E-state index contributed by atoms with van der Waals surface area (Å²) in [5.74, 6) is 0.806. The molecule has 96 valence electrons. The number of rotatable bonds is 7. The molecule has 4 heteroatoms. The van der Waals surface area contributed by atoms with E-state index in [1.165, 1.54) is 0 Å². The summed E-state index contributed by atoms with van der Waals surface area (Å²) in [6.07, 6.45) is -0.512. The molecule has 0 fully saturated rings. The highest BCUT2D eigenvalue weighted by Crippen LogP contribution is 2.16. The Morgan fingerprint density at radius 1 is 1.29 bits per heavy atom. The van der Waals surface area contributed by atoms with Crippen LogP contribution in [0.15, 0.2) is 18.2 Å². The third-order valence-electron chi connectivity index (χ3n) is 2.34. The van der Waals surface area contributed by atoms with E-state index in [-0.39, 0.29) is 0 Å². The Kier molecular flexibility index (Phi) is 5.97. The second-order valence-electron chi connectivity index (χ2n) is 4.28. The van der Waals surface area contributed by atoms with E-state index in [1.54, 1.807) is 0 Å². The molecule has 0 aliphatic carbocycles. The summed E-state index contributed by atoms with van der Waals surface area (Å²) in [6, 6.07) is 6.02. The van der Waals surface area contributed by atoms with E-state index in [0.29, 0.717) is 26.2 Å². The lowest BCUT2D eigenvalue weighted by Gasteiger charge is -2.13. The highest BCUT2D eigenvalue weighted by atomic mass is 16.5. The Hall–Kier alpha value is -1.10. The van der Waals surface area contributed by atoms with Gasteiger partial charge in [0, 0.05) is 19.6 Å². The zero-order chi connectivity index (χ0) is 12.7. The number of aliphatic hydroxyl groups excluding tert-OH is 1. The molecule has 0 saturated carbocycles. The van der Waals surface area contributed by atoms with Crippen molar-refractivity contribution in [1.82, 2.24) is 5.32 Å². The maximum atomic E-state index is 9.65. The van der Waals surface area contributed by atoms with Gasteiger partial charge in [-0.1, -0.05) is 6.07 Å². The Morgan fingerprint density at radius 2 is 1.94 bits per heavy atom. The van der Waals surface area contributed by atoms with Gasteiger partial charge in [0.25, 0.3) is 0 Å². The van der Waals surface area contributed by atoms with Gasteiger partial charge in [0.15, 0.2) is 0 Å². The molecule has 0 saturated heterocycles. The van der Waals surface area contributed by atoms with E-state index >= 15 is 0 Å². The maximum Gasteiger partial charge on any atom is 0.119 e. The monoisotopic (exact) mass is 238 g/mol. The first-order chi connectivity index (χ1) is 8.11. The van der Waals surface area contributed by atoms with Crippen molar-refractivity contribution in [3.63, 3.8) is 0 Å². The fraction of sp³-hybridized carbons (Fsp3) is 0.538. The van der Waals surface area contributed by atoms with Crippen LogP contribution in [0.4, 0.5) is 0 Å². The minimum Gasteiger partial charge on any atom is -0.491 e. The van der Waals surface area contributed by atoms with Crippen LogP contribution in [0, 0.1) is 13.8 Å². The minimum atomic E-state index is -0.512. The maximum absolute atomic E-state index is 9.65. The highest BCUT2D eigenvalue weighted by Gasteiger charge is 2.05. The first-order valence-corrected chi connectivity index (χ1v) is 5.91. The van der Waals surface area contributed by atoms with Crippen molar-refractivity contribution in [2.75, 3.05) is 26.2 Å². The van der Waals surface area contributed by atoms with Crippen LogP contribution in [0.5, 0.6) is 5.75 Å². The topological polar surface area (TPSA) is 67.5 Å². The lowest BCUT2D eigenvalue weighted by atomic mass is 10.1. The summed E-state index contributed by atoms with van der Waals surface area (Å²) >= 11 is 0. The van der Waals surface area contributed by atoms with E-state index in [4.69, 9.17) is 10.5 Å². The molecule has 0 aromatic heterocycles. The molecule has 0 bridgehead atoms. The van der Waals surface area contributed by atoms with Crippen LogP contribution in [0.3, 0.4) is 0 Å². The molecule has 0 spiro atoms. The summed E-state index contributed by atoms with van der Waals surface area (Å²) < 4.78 is 5.54. The van der Waals surface area contributed by atoms with Gasteiger partial charge < -0.3 is 20.9 Å². The van der Waals surface area contributed by atoms with Crippen molar-refractivity contribution in [3.05, 3.63) is 29.3 Å². The first kappa shape index (κ1) is 14.0. The van der Waals surface area contributed by atoms with Crippen LogP contribution in [-0.2, 0) is 0 Å². The molecule has 1 aromatic rings. The highest BCUT2D eigenvalue weighted by molar-refractivity contribution is 5.32. The van der Waals surface area contributed by atoms with Crippen molar-refractivity contribution in [2.45, 2.75) is 20.0 Å². The summed E-state index contributed by atoms with van der Waals surface area (Å²) in [7, 11) is 0. The van der Waals surface area contributed by atoms with E-state index < -0.39 is 6.10 Å². The lowest BCUT2D eigenvalue weighted by molar-refractivity contribution is 0.107. The van der Waals surface area contributed by atoms with Gasteiger partial charge in [-0.3, -0.25) is 0 Å². The van der Waals surface area contributed by atoms with Crippen LogP contribution >= 0.6 is 0 Å². The van der Waals surface area contributed by atoms with E-state index in [0.717, 1.165) is 16.9 Å². The van der Waals surface area contributed by atoms with Crippen molar-refractivity contribution in [1.29, 1.82) is 0 Å². The number of hydrogen-bond acceptors (Lipinski definition) is 4. The Balaban J connectivity index is 2.34. The molecular formula is C13H22N2O2. The van der Waals surface area contributed by atoms with Crippen LogP contribution in [-0.4, -0.2) is 37.5 Å². The fourth-order valence-electron chi connectivity index (χ4n) is 1.64. The van der Waals surface area contributed by atoms with Crippen LogP contribution in [0.25, 0.3) is 0 Å². The van der Waals surface area contributed by atoms with Crippen molar-refractivity contribution in [3.8, 4) is 5.75 Å². The molecule has 0 heterocycles. The van der Waals surface area contributed by atoms with Crippen molar-refractivity contribution < 1.29 is 9.84 Å². The molecule has 0 amide bonds.